The van der Waals surface area contributed by atoms with Crippen molar-refractivity contribution in [3.63, 3.8) is 0 Å². The lowest BCUT2D eigenvalue weighted by molar-refractivity contribution is 0.0963. The summed E-state index contributed by atoms with van der Waals surface area (Å²) in [6, 6.07) is 4.92. The number of aryl methyl sites for hydroxylation is 1. The van der Waals surface area contributed by atoms with Crippen molar-refractivity contribution in [2.24, 2.45) is 0 Å². The fourth-order valence-corrected chi connectivity index (χ4v) is 2.91. The van der Waals surface area contributed by atoms with Crippen LogP contribution in [0.5, 0.6) is 0 Å². The van der Waals surface area contributed by atoms with E-state index in [-0.39, 0.29) is 17.1 Å². The molecule has 1 aliphatic rings. The van der Waals surface area contributed by atoms with Gasteiger partial charge in [-0.2, -0.15) is 5.10 Å². The maximum absolute atomic E-state index is 12.4. The number of fused-ring (bicyclic) bond motifs is 3. The van der Waals surface area contributed by atoms with Gasteiger partial charge in [-0.3, -0.25) is 9.78 Å². The van der Waals surface area contributed by atoms with Gasteiger partial charge in [-0.15, -0.1) is 0 Å². The monoisotopic (exact) mass is 354 g/mol. The van der Waals surface area contributed by atoms with Gasteiger partial charge in [0.1, 0.15) is 5.69 Å². The van der Waals surface area contributed by atoms with Crippen molar-refractivity contribution in [1.29, 1.82) is 0 Å². The minimum absolute atomic E-state index is 0.00937. The second kappa shape index (κ2) is 6.14. The summed E-state index contributed by atoms with van der Waals surface area (Å²) in [4.78, 5) is 22.1. The Labute approximate surface area is 157 Å². The van der Waals surface area contributed by atoms with Crippen LogP contribution in [0.2, 0.25) is 0 Å². The van der Waals surface area contributed by atoms with Crippen LogP contribution < -0.4 is 15.5 Å². The molecule has 1 aliphatic heterocycles. The Hall–Kier alpha value is -3.42. The van der Waals surface area contributed by atoms with Gasteiger partial charge in [0.15, 0.2) is 5.82 Å². The summed E-state index contributed by atoms with van der Waals surface area (Å²) in [7, 11) is 1.60. The molecule has 2 N–H and O–H groups in total. The Balaban J connectivity index is 1.80. The predicted octanol–water partition coefficient (Wildman–Crippen LogP) is 2.02. The van der Waals surface area contributed by atoms with Crippen LogP contribution in [0.1, 0.15) is 28.6 Å². The zero-order chi connectivity index (χ0) is 22.6. The van der Waals surface area contributed by atoms with Crippen molar-refractivity contribution >= 4 is 23.1 Å². The topological polar surface area (TPSA) is 88.0 Å². The van der Waals surface area contributed by atoms with Crippen LogP contribution in [0.15, 0.2) is 36.8 Å². The zero-order valence-electron chi connectivity index (χ0n) is 19.1. The van der Waals surface area contributed by atoms with Crippen molar-refractivity contribution < 1.29 is 11.6 Å². The Kier molecular flexibility index (Phi) is 2.66. The van der Waals surface area contributed by atoms with Crippen molar-refractivity contribution in [3.05, 3.63) is 53.7 Å². The molecule has 0 fully saturated rings. The van der Waals surface area contributed by atoms with Gasteiger partial charge in [0.05, 0.1) is 37.6 Å². The number of carbonyl (C=O) groups is 1. The quantitative estimate of drug-likeness (QED) is 0.748. The van der Waals surface area contributed by atoms with Crippen molar-refractivity contribution in [3.8, 4) is 5.69 Å². The number of hydrogen-bond donors (Lipinski definition) is 2. The molecule has 0 radical (unpaired) electrons. The lowest BCUT2D eigenvalue weighted by Gasteiger charge is -2.30. The minimum atomic E-state index is -2.65. The first kappa shape index (κ1) is 11.2. The molecule has 0 spiro atoms. The molecule has 26 heavy (non-hydrogen) atoms. The second-order valence-corrected chi connectivity index (χ2v) is 5.78. The Morgan fingerprint density at radius 1 is 1.38 bits per heavy atom. The number of rotatable bonds is 3. The van der Waals surface area contributed by atoms with Crippen LogP contribution in [0.3, 0.4) is 0 Å². The predicted molar refractivity (Wildman–Crippen MR) is 99.1 cm³/mol. The standard InChI is InChI=1S/C18H19N7O/c1-11-8-12-10-24(3)16-15(25(12)23-11)5-7-21-17(16)22-14-4-6-20-9-13(14)18(26)19-2/h4-9H,10H2,1-3H3,(H,19,26)(H,20,21,22)/i2D3,10D2. The van der Waals surface area contributed by atoms with Crippen LogP contribution in [0.4, 0.5) is 17.2 Å². The number of aromatic nitrogens is 4. The molecule has 0 bridgehead atoms. The van der Waals surface area contributed by atoms with Gasteiger partial charge < -0.3 is 15.5 Å². The zero-order valence-corrected chi connectivity index (χ0v) is 14.1. The maximum Gasteiger partial charge on any atom is 0.254 e. The minimum Gasteiger partial charge on any atom is -0.364 e. The van der Waals surface area contributed by atoms with Crippen molar-refractivity contribution in [1.82, 2.24) is 25.1 Å². The SMILES string of the molecule is [2H]C([2H])([2H])NC(=O)c1cnccc1Nc1nccc2c1N(C)C([2H])([2H])c1cc(C)nn1-2. The molecule has 8 heteroatoms. The Bertz CT molecular complexity index is 1170. The third-order valence-electron chi connectivity index (χ3n) is 4.01. The maximum atomic E-state index is 12.4. The third-order valence-corrected chi connectivity index (χ3v) is 4.01. The molecule has 8 nitrogen and oxygen atoms in total. The molecule has 3 aromatic rings. The van der Waals surface area contributed by atoms with Gasteiger partial charge in [-0.25, -0.2) is 9.67 Å². The number of hydrogen-bond acceptors (Lipinski definition) is 6. The van der Waals surface area contributed by atoms with E-state index < -0.39 is 19.4 Å². The lowest BCUT2D eigenvalue weighted by atomic mass is 10.2. The highest BCUT2D eigenvalue weighted by Gasteiger charge is 2.25. The normalized spacial score (nSPS) is 17.6. The highest BCUT2D eigenvalue weighted by Crippen LogP contribution is 2.37. The number of nitrogens with zero attached hydrogens (tertiary/aromatic N) is 5. The van der Waals surface area contributed by atoms with E-state index in [0.717, 1.165) is 0 Å². The average Bonchev–Trinajstić information content (AvgIpc) is 3.08. The summed E-state index contributed by atoms with van der Waals surface area (Å²) in [5.41, 5.74) is 2.38. The van der Waals surface area contributed by atoms with Gasteiger partial charge in [0.2, 0.25) is 0 Å². The number of amides is 1. The van der Waals surface area contributed by atoms with Gasteiger partial charge in [-0.1, -0.05) is 0 Å². The number of pyridine rings is 2. The lowest BCUT2D eigenvalue weighted by Crippen LogP contribution is -2.27. The molecule has 0 aromatic carbocycles. The first-order valence-electron chi connectivity index (χ1n) is 10.3. The summed E-state index contributed by atoms with van der Waals surface area (Å²) in [5.74, 6) is -0.550. The average molecular weight is 354 g/mol. The molecule has 4 rings (SSSR count). The van der Waals surface area contributed by atoms with Gasteiger partial charge in [0.25, 0.3) is 5.91 Å². The fraction of sp³-hybridized carbons (Fsp3) is 0.222. The van der Waals surface area contributed by atoms with Crippen LogP contribution in [-0.4, -0.2) is 39.7 Å². The van der Waals surface area contributed by atoms with E-state index in [9.17, 15) is 4.79 Å². The highest BCUT2D eigenvalue weighted by molar-refractivity contribution is 6.00. The van der Waals surface area contributed by atoms with Gasteiger partial charge in [0, 0.05) is 36.7 Å². The first-order chi connectivity index (χ1) is 14.5. The van der Waals surface area contributed by atoms with Crippen LogP contribution in [0, 0.1) is 6.92 Å². The van der Waals surface area contributed by atoms with Crippen LogP contribution in [0.25, 0.3) is 5.69 Å². The highest BCUT2D eigenvalue weighted by atomic mass is 16.1. The molecule has 3 aromatic heterocycles. The van der Waals surface area contributed by atoms with E-state index >= 15 is 0 Å². The Morgan fingerprint density at radius 3 is 3.12 bits per heavy atom. The smallest absolute Gasteiger partial charge is 0.254 e. The molecular formula is C18H19N7O. The van der Waals surface area contributed by atoms with E-state index in [0.29, 0.717) is 22.8 Å². The molecule has 4 heterocycles. The summed E-state index contributed by atoms with van der Waals surface area (Å²) in [5, 5.41) is 9.38. The van der Waals surface area contributed by atoms with E-state index in [1.807, 2.05) is 5.32 Å². The molecule has 1 amide bonds. The molecule has 0 aliphatic carbocycles. The molecular weight excluding hydrogens is 330 g/mol. The fourth-order valence-electron chi connectivity index (χ4n) is 2.91. The van der Waals surface area contributed by atoms with Crippen molar-refractivity contribution in [2.45, 2.75) is 13.4 Å². The van der Waals surface area contributed by atoms with Gasteiger partial charge >= 0.3 is 0 Å². The van der Waals surface area contributed by atoms with E-state index in [1.165, 1.54) is 28.0 Å². The summed E-state index contributed by atoms with van der Waals surface area (Å²) in [6.45, 7) is -2.74. The van der Waals surface area contributed by atoms with E-state index in [1.54, 1.807) is 32.3 Å². The summed E-state index contributed by atoms with van der Waals surface area (Å²) in [6.07, 6.45) is 4.23. The van der Waals surface area contributed by atoms with E-state index in [2.05, 4.69) is 20.4 Å². The van der Waals surface area contributed by atoms with Gasteiger partial charge in [-0.05, 0) is 25.1 Å². The largest absolute Gasteiger partial charge is 0.364 e. The van der Waals surface area contributed by atoms with E-state index in [4.69, 9.17) is 6.85 Å². The molecule has 132 valence electrons. The van der Waals surface area contributed by atoms with Crippen LogP contribution in [-0.2, 0) is 6.50 Å². The molecule has 0 saturated heterocycles. The summed E-state index contributed by atoms with van der Waals surface area (Å²) < 4.78 is 40.5. The molecule has 0 unspecified atom stereocenters. The second-order valence-electron chi connectivity index (χ2n) is 5.78. The number of nitrogens with one attached hydrogen (secondary N) is 2. The number of carbonyl (C=O) groups excluding carboxylic acids is 1. The number of anilines is 3. The molecule has 0 atom stereocenters. The Morgan fingerprint density at radius 2 is 2.27 bits per heavy atom. The first-order valence-corrected chi connectivity index (χ1v) is 7.83. The van der Waals surface area contributed by atoms with Crippen molar-refractivity contribution in [2.75, 3.05) is 24.2 Å². The van der Waals surface area contributed by atoms with Crippen LogP contribution >= 0.6 is 0 Å². The molecule has 0 saturated carbocycles. The summed E-state index contributed by atoms with van der Waals surface area (Å²) >= 11 is 0. The third kappa shape index (κ3) is 2.55.